The van der Waals surface area contributed by atoms with E-state index < -0.39 is 0 Å². The van der Waals surface area contributed by atoms with Crippen molar-refractivity contribution in [2.24, 2.45) is 5.92 Å². The Morgan fingerprint density at radius 1 is 1.29 bits per heavy atom. The van der Waals surface area contributed by atoms with Gasteiger partial charge in [-0.3, -0.25) is 9.69 Å². The van der Waals surface area contributed by atoms with Crippen molar-refractivity contribution in [3.8, 4) is 0 Å². The Kier molecular flexibility index (Phi) is 2.91. The van der Waals surface area contributed by atoms with Gasteiger partial charge in [0.1, 0.15) is 5.78 Å². The van der Waals surface area contributed by atoms with Gasteiger partial charge in [-0.25, -0.2) is 0 Å². The number of nitrogens with zero attached hydrogens (tertiary/aromatic N) is 1. The fourth-order valence-electron chi connectivity index (χ4n) is 3.24. The Morgan fingerprint density at radius 2 is 1.86 bits per heavy atom. The van der Waals surface area contributed by atoms with Crippen LogP contribution in [0.2, 0.25) is 0 Å². The molecule has 80 valence electrons. The summed E-state index contributed by atoms with van der Waals surface area (Å²) in [6.45, 7) is 4.71. The topological polar surface area (TPSA) is 20.3 Å². The van der Waals surface area contributed by atoms with E-state index in [1.54, 1.807) is 6.92 Å². The molecule has 2 aliphatic rings. The van der Waals surface area contributed by atoms with Gasteiger partial charge in [-0.1, -0.05) is 13.3 Å². The van der Waals surface area contributed by atoms with E-state index in [4.69, 9.17) is 0 Å². The molecule has 2 heteroatoms. The molecule has 2 saturated heterocycles. The van der Waals surface area contributed by atoms with E-state index in [1.807, 2.05) is 0 Å². The predicted octanol–water partition coefficient (Wildman–Crippen LogP) is 2.23. The van der Waals surface area contributed by atoms with Crippen molar-refractivity contribution >= 4 is 5.78 Å². The van der Waals surface area contributed by atoms with Crippen molar-refractivity contribution in [2.45, 2.75) is 58.0 Å². The molecule has 0 aromatic rings. The van der Waals surface area contributed by atoms with E-state index in [-0.39, 0.29) is 0 Å². The number of Topliss-reactive ketones (excluding diaryl/α,β-unsaturated/α-hetero) is 1. The van der Waals surface area contributed by atoms with E-state index in [0.717, 1.165) is 18.0 Å². The van der Waals surface area contributed by atoms with Crippen LogP contribution in [0.15, 0.2) is 0 Å². The number of piperidine rings is 1. The van der Waals surface area contributed by atoms with Gasteiger partial charge in [-0.15, -0.1) is 0 Å². The van der Waals surface area contributed by atoms with Crippen LogP contribution in [-0.2, 0) is 4.79 Å². The van der Waals surface area contributed by atoms with Crippen molar-refractivity contribution < 1.29 is 4.79 Å². The number of hydrogen-bond donors (Lipinski definition) is 0. The lowest BCUT2D eigenvalue weighted by atomic mass is 9.89. The number of carbonyl (C=O) groups is 1. The monoisotopic (exact) mass is 195 g/mol. The van der Waals surface area contributed by atoms with Crippen molar-refractivity contribution in [3.05, 3.63) is 0 Å². The second kappa shape index (κ2) is 4.01. The van der Waals surface area contributed by atoms with Crippen LogP contribution in [0.4, 0.5) is 0 Å². The summed E-state index contributed by atoms with van der Waals surface area (Å²) in [5.74, 6) is 1.26. The number of fused-ring (bicyclic) bond motifs is 2. The van der Waals surface area contributed by atoms with E-state index in [2.05, 4.69) is 11.8 Å². The molecule has 2 bridgehead atoms. The number of carbonyl (C=O) groups excluding carboxylic acids is 1. The lowest BCUT2D eigenvalue weighted by molar-refractivity contribution is -0.119. The molecule has 0 spiro atoms. The summed E-state index contributed by atoms with van der Waals surface area (Å²) in [6, 6.07) is 1.45. The van der Waals surface area contributed by atoms with E-state index in [0.29, 0.717) is 12.3 Å². The summed E-state index contributed by atoms with van der Waals surface area (Å²) in [4.78, 5) is 13.6. The third kappa shape index (κ3) is 1.85. The van der Waals surface area contributed by atoms with Crippen LogP contribution in [-0.4, -0.2) is 29.3 Å². The van der Waals surface area contributed by atoms with Crippen molar-refractivity contribution in [1.29, 1.82) is 0 Å². The van der Waals surface area contributed by atoms with Crippen LogP contribution in [0.1, 0.15) is 46.0 Å². The molecule has 2 aliphatic heterocycles. The summed E-state index contributed by atoms with van der Waals surface area (Å²) >= 11 is 0. The summed E-state index contributed by atoms with van der Waals surface area (Å²) in [5, 5.41) is 0. The van der Waals surface area contributed by atoms with Gasteiger partial charge in [0.15, 0.2) is 0 Å². The zero-order chi connectivity index (χ0) is 10.1. The average Bonchev–Trinajstić information content (AvgIpc) is 2.38. The molecule has 2 unspecified atom stereocenters. The number of rotatable bonds is 3. The lowest BCUT2D eigenvalue weighted by Gasteiger charge is -2.38. The van der Waals surface area contributed by atoms with Gasteiger partial charge in [-0.2, -0.15) is 0 Å². The van der Waals surface area contributed by atoms with Crippen LogP contribution >= 0.6 is 0 Å². The molecule has 0 aromatic heterocycles. The molecular formula is C12H21NO. The summed E-state index contributed by atoms with van der Waals surface area (Å²) in [5.41, 5.74) is 0. The fourth-order valence-corrected chi connectivity index (χ4v) is 3.24. The Balaban J connectivity index is 1.99. The van der Waals surface area contributed by atoms with Crippen molar-refractivity contribution in [1.82, 2.24) is 4.90 Å². The minimum Gasteiger partial charge on any atom is -0.299 e. The molecule has 14 heavy (non-hydrogen) atoms. The van der Waals surface area contributed by atoms with Crippen LogP contribution in [0.3, 0.4) is 0 Å². The fraction of sp³-hybridized carbons (Fsp3) is 0.917. The molecule has 0 amide bonds. The first-order chi connectivity index (χ1) is 6.70. The third-order valence-electron chi connectivity index (χ3n) is 3.96. The van der Waals surface area contributed by atoms with Gasteiger partial charge in [0.25, 0.3) is 0 Å². The van der Waals surface area contributed by atoms with E-state index in [9.17, 15) is 4.79 Å². The molecular weight excluding hydrogens is 174 g/mol. The van der Waals surface area contributed by atoms with Gasteiger partial charge >= 0.3 is 0 Å². The molecule has 2 heterocycles. The van der Waals surface area contributed by atoms with Crippen LogP contribution < -0.4 is 0 Å². The maximum absolute atomic E-state index is 11.1. The minimum absolute atomic E-state index is 0.330. The van der Waals surface area contributed by atoms with Gasteiger partial charge < -0.3 is 0 Å². The Morgan fingerprint density at radius 3 is 2.29 bits per heavy atom. The number of ketones is 1. The largest absolute Gasteiger partial charge is 0.299 e. The summed E-state index contributed by atoms with van der Waals surface area (Å²) in [6.07, 6.45) is 6.64. The molecule has 2 atom stereocenters. The molecule has 2 nitrogen and oxygen atoms in total. The second-order valence-electron chi connectivity index (χ2n) is 5.01. The normalized spacial score (nSPS) is 37.4. The standard InChI is InChI=1S/C12H21NO/c1-3-10-6-11-4-5-12(7-10)13(11)8-9(2)14/h10-12H,3-8H2,1-2H3. The zero-order valence-electron chi connectivity index (χ0n) is 9.33. The zero-order valence-corrected chi connectivity index (χ0v) is 9.33. The summed E-state index contributed by atoms with van der Waals surface area (Å²) in [7, 11) is 0. The highest BCUT2D eigenvalue weighted by Crippen LogP contribution is 2.39. The van der Waals surface area contributed by atoms with Crippen LogP contribution in [0.25, 0.3) is 0 Å². The highest BCUT2D eigenvalue weighted by Gasteiger charge is 2.40. The first-order valence-corrected chi connectivity index (χ1v) is 5.96. The summed E-state index contributed by atoms with van der Waals surface area (Å²) < 4.78 is 0. The molecule has 0 saturated carbocycles. The predicted molar refractivity (Wildman–Crippen MR) is 57.2 cm³/mol. The molecule has 0 aromatic carbocycles. The van der Waals surface area contributed by atoms with Crippen LogP contribution in [0.5, 0.6) is 0 Å². The smallest absolute Gasteiger partial charge is 0.143 e. The quantitative estimate of drug-likeness (QED) is 0.688. The van der Waals surface area contributed by atoms with Gasteiger partial charge in [0, 0.05) is 12.1 Å². The van der Waals surface area contributed by atoms with E-state index in [1.165, 1.54) is 32.1 Å². The molecule has 0 N–H and O–H groups in total. The van der Waals surface area contributed by atoms with Crippen LogP contribution in [0, 0.1) is 5.92 Å². The SMILES string of the molecule is CCC1CC2CCC(C1)N2CC(C)=O. The maximum atomic E-state index is 11.1. The van der Waals surface area contributed by atoms with E-state index >= 15 is 0 Å². The van der Waals surface area contributed by atoms with Gasteiger partial charge in [0.2, 0.25) is 0 Å². The first-order valence-electron chi connectivity index (χ1n) is 5.96. The molecule has 0 radical (unpaired) electrons. The first kappa shape index (κ1) is 10.2. The Hall–Kier alpha value is -0.370. The molecule has 0 aliphatic carbocycles. The van der Waals surface area contributed by atoms with Crippen molar-refractivity contribution in [3.63, 3.8) is 0 Å². The molecule has 2 rings (SSSR count). The minimum atomic E-state index is 0.330. The highest BCUT2D eigenvalue weighted by atomic mass is 16.1. The van der Waals surface area contributed by atoms with Gasteiger partial charge in [0.05, 0.1) is 6.54 Å². The highest BCUT2D eigenvalue weighted by molar-refractivity contribution is 5.77. The number of hydrogen-bond acceptors (Lipinski definition) is 2. The van der Waals surface area contributed by atoms with Crippen molar-refractivity contribution in [2.75, 3.05) is 6.54 Å². The maximum Gasteiger partial charge on any atom is 0.143 e. The molecule has 2 fully saturated rings. The Bertz CT molecular complexity index is 212. The third-order valence-corrected chi connectivity index (χ3v) is 3.96. The van der Waals surface area contributed by atoms with Gasteiger partial charge in [-0.05, 0) is 38.5 Å². The average molecular weight is 195 g/mol. The Labute approximate surface area is 86.7 Å². The second-order valence-corrected chi connectivity index (χ2v) is 5.01. The lowest BCUT2D eigenvalue weighted by Crippen LogP contribution is -2.44.